The highest BCUT2D eigenvalue weighted by atomic mass is 16.5. The van der Waals surface area contributed by atoms with E-state index in [0.717, 1.165) is 61.0 Å². The summed E-state index contributed by atoms with van der Waals surface area (Å²) in [6, 6.07) is 23.7. The van der Waals surface area contributed by atoms with Gasteiger partial charge in [0.15, 0.2) is 0 Å². The molecule has 0 bridgehead atoms. The van der Waals surface area contributed by atoms with Crippen molar-refractivity contribution in [1.29, 1.82) is 0 Å². The third-order valence-electron chi connectivity index (χ3n) is 6.45. The number of ether oxygens (including phenoxy) is 2. The molecule has 0 atom stereocenters. The molecule has 1 heterocycles. The molecule has 0 aliphatic rings. The Morgan fingerprint density at radius 2 is 1.69 bits per heavy atom. The van der Waals surface area contributed by atoms with E-state index < -0.39 is 0 Å². The molecule has 0 radical (unpaired) electrons. The van der Waals surface area contributed by atoms with Gasteiger partial charge in [0.05, 0.1) is 20.5 Å². The van der Waals surface area contributed by atoms with Crippen LogP contribution in [0.15, 0.2) is 89.6 Å². The standard InChI is InChI=1S/C31H27NO4/c1-19(15-29(33)32-28-14-8-10-21-9-5-6-13-24(21)28)25-17-26-27(22-11-7-12-23(16-22)34-3)18-36-31(26)20(2)30(25)35-4/h5-18H,1-4H3,(H,32,33)/b19-15+. The molecule has 0 aliphatic carbocycles. The van der Waals surface area contributed by atoms with E-state index in [4.69, 9.17) is 13.9 Å². The van der Waals surface area contributed by atoms with Crippen molar-refractivity contribution in [3.05, 3.63) is 96.3 Å². The van der Waals surface area contributed by atoms with Gasteiger partial charge in [-0.3, -0.25) is 4.79 Å². The summed E-state index contributed by atoms with van der Waals surface area (Å²) in [5.74, 6) is 1.25. The van der Waals surface area contributed by atoms with Crippen LogP contribution in [0.3, 0.4) is 0 Å². The second kappa shape index (κ2) is 9.62. The topological polar surface area (TPSA) is 60.7 Å². The number of nitrogens with one attached hydrogen (secondary N) is 1. The van der Waals surface area contributed by atoms with Gasteiger partial charge in [0.1, 0.15) is 17.1 Å². The number of rotatable bonds is 6. The zero-order valence-electron chi connectivity index (χ0n) is 20.7. The van der Waals surface area contributed by atoms with Crippen molar-refractivity contribution in [1.82, 2.24) is 0 Å². The van der Waals surface area contributed by atoms with Crippen molar-refractivity contribution < 1.29 is 18.7 Å². The average molecular weight is 478 g/mol. The fourth-order valence-corrected chi connectivity index (χ4v) is 4.66. The predicted octanol–water partition coefficient (Wildman–Crippen LogP) is 7.62. The van der Waals surface area contributed by atoms with Crippen LogP contribution in [0.5, 0.6) is 11.5 Å². The number of amides is 1. The van der Waals surface area contributed by atoms with E-state index in [1.165, 1.54) is 0 Å². The van der Waals surface area contributed by atoms with Crippen molar-refractivity contribution >= 4 is 38.9 Å². The first kappa shape index (κ1) is 23.2. The minimum Gasteiger partial charge on any atom is -0.497 e. The summed E-state index contributed by atoms with van der Waals surface area (Å²) in [5.41, 5.74) is 5.95. The molecule has 36 heavy (non-hydrogen) atoms. The Kier molecular flexibility index (Phi) is 6.21. The second-order valence-electron chi connectivity index (χ2n) is 8.68. The third kappa shape index (κ3) is 4.20. The molecule has 0 saturated carbocycles. The molecule has 0 fully saturated rings. The number of allylic oxidation sites excluding steroid dienone is 1. The normalized spacial score (nSPS) is 11.6. The van der Waals surface area contributed by atoms with Crippen molar-refractivity contribution in [3.63, 3.8) is 0 Å². The molecule has 1 amide bonds. The molecule has 1 N–H and O–H groups in total. The Hall–Kier alpha value is -4.51. The SMILES string of the molecule is COc1cccc(-c2coc3c(C)c(OC)c(/C(C)=C/C(=O)Nc4cccc5ccccc45)cc23)c1. The lowest BCUT2D eigenvalue weighted by Crippen LogP contribution is -2.09. The number of fused-ring (bicyclic) bond motifs is 2. The number of anilines is 1. The maximum Gasteiger partial charge on any atom is 0.248 e. The molecule has 5 rings (SSSR count). The number of furan rings is 1. The fourth-order valence-electron chi connectivity index (χ4n) is 4.66. The first-order valence-corrected chi connectivity index (χ1v) is 11.7. The smallest absolute Gasteiger partial charge is 0.248 e. The van der Waals surface area contributed by atoms with Crippen molar-refractivity contribution in [2.45, 2.75) is 13.8 Å². The van der Waals surface area contributed by atoms with Gasteiger partial charge in [-0.1, -0.05) is 48.5 Å². The van der Waals surface area contributed by atoms with Crippen LogP contribution < -0.4 is 14.8 Å². The van der Waals surface area contributed by atoms with E-state index >= 15 is 0 Å². The summed E-state index contributed by atoms with van der Waals surface area (Å²) >= 11 is 0. The average Bonchev–Trinajstić information content (AvgIpc) is 3.33. The molecular formula is C31H27NO4. The minimum atomic E-state index is -0.205. The summed E-state index contributed by atoms with van der Waals surface area (Å²) in [7, 11) is 3.28. The Morgan fingerprint density at radius 3 is 2.50 bits per heavy atom. The van der Waals surface area contributed by atoms with E-state index in [9.17, 15) is 4.79 Å². The van der Waals surface area contributed by atoms with Gasteiger partial charge in [0, 0.05) is 39.2 Å². The molecule has 5 aromatic rings. The summed E-state index contributed by atoms with van der Waals surface area (Å²) in [6.07, 6.45) is 3.36. The number of carbonyl (C=O) groups excluding carboxylic acids is 1. The lowest BCUT2D eigenvalue weighted by molar-refractivity contribution is -0.111. The van der Waals surface area contributed by atoms with Gasteiger partial charge >= 0.3 is 0 Å². The zero-order valence-corrected chi connectivity index (χ0v) is 20.7. The molecule has 5 nitrogen and oxygen atoms in total. The van der Waals surface area contributed by atoms with E-state index in [2.05, 4.69) is 5.32 Å². The summed E-state index contributed by atoms with van der Waals surface area (Å²) < 4.78 is 17.1. The van der Waals surface area contributed by atoms with Gasteiger partial charge in [-0.15, -0.1) is 0 Å². The van der Waals surface area contributed by atoms with Gasteiger partial charge < -0.3 is 19.2 Å². The first-order chi connectivity index (χ1) is 17.5. The van der Waals surface area contributed by atoms with Crippen LogP contribution >= 0.6 is 0 Å². The van der Waals surface area contributed by atoms with Gasteiger partial charge in [-0.2, -0.15) is 0 Å². The lowest BCUT2D eigenvalue weighted by Gasteiger charge is -2.14. The molecular weight excluding hydrogens is 450 g/mol. The van der Waals surface area contributed by atoms with E-state index in [0.29, 0.717) is 5.75 Å². The van der Waals surface area contributed by atoms with E-state index in [-0.39, 0.29) is 5.91 Å². The molecule has 4 aromatic carbocycles. The maximum absolute atomic E-state index is 13.0. The van der Waals surface area contributed by atoms with Crippen molar-refractivity contribution in [2.24, 2.45) is 0 Å². The fraction of sp³-hybridized carbons (Fsp3) is 0.129. The molecule has 180 valence electrons. The van der Waals surface area contributed by atoms with Crippen molar-refractivity contribution in [3.8, 4) is 22.6 Å². The second-order valence-corrected chi connectivity index (χ2v) is 8.68. The zero-order chi connectivity index (χ0) is 25.2. The monoisotopic (exact) mass is 477 g/mol. The summed E-state index contributed by atoms with van der Waals surface area (Å²) in [6.45, 7) is 3.88. The van der Waals surface area contributed by atoms with Crippen LogP contribution in [0.25, 0.3) is 38.4 Å². The number of benzene rings is 4. The van der Waals surface area contributed by atoms with Crippen LogP contribution in [0.2, 0.25) is 0 Å². The number of methoxy groups -OCH3 is 2. The number of hydrogen-bond acceptors (Lipinski definition) is 4. The van der Waals surface area contributed by atoms with Crippen LogP contribution in [0.4, 0.5) is 5.69 Å². The molecule has 0 spiro atoms. The van der Waals surface area contributed by atoms with Gasteiger partial charge in [0.2, 0.25) is 5.91 Å². The Morgan fingerprint density at radius 1 is 0.917 bits per heavy atom. The van der Waals surface area contributed by atoms with Crippen LogP contribution in [-0.2, 0) is 4.79 Å². The highest BCUT2D eigenvalue weighted by Crippen LogP contribution is 2.41. The Balaban J connectivity index is 1.55. The van der Waals surface area contributed by atoms with E-state index in [1.807, 2.05) is 86.6 Å². The predicted molar refractivity (Wildman–Crippen MR) is 146 cm³/mol. The quantitative estimate of drug-likeness (QED) is 0.256. The lowest BCUT2D eigenvalue weighted by atomic mass is 9.96. The molecule has 0 saturated heterocycles. The molecule has 0 unspecified atom stereocenters. The summed E-state index contributed by atoms with van der Waals surface area (Å²) in [5, 5.41) is 6.04. The third-order valence-corrected chi connectivity index (χ3v) is 6.45. The first-order valence-electron chi connectivity index (χ1n) is 11.7. The van der Waals surface area contributed by atoms with Gasteiger partial charge in [0.25, 0.3) is 0 Å². The van der Waals surface area contributed by atoms with Crippen LogP contribution in [0.1, 0.15) is 18.1 Å². The highest BCUT2D eigenvalue weighted by molar-refractivity contribution is 6.09. The van der Waals surface area contributed by atoms with Gasteiger partial charge in [-0.25, -0.2) is 0 Å². The molecule has 5 heteroatoms. The van der Waals surface area contributed by atoms with Crippen LogP contribution in [0, 0.1) is 6.92 Å². The minimum absolute atomic E-state index is 0.205. The summed E-state index contributed by atoms with van der Waals surface area (Å²) in [4.78, 5) is 13.0. The Bertz CT molecular complexity index is 1620. The molecule has 1 aromatic heterocycles. The van der Waals surface area contributed by atoms with E-state index in [1.54, 1.807) is 26.6 Å². The number of carbonyl (C=O) groups is 1. The largest absolute Gasteiger partial charge is 0.497 e. The maximum atomic E-state index is 13.0. The van der Waals surface area contributed by atoms with Crippen LogP contribution in [-0.4, -0.2) is 20.1 Å². The van der Waals surface area contributed by atoms with Gasteiger partial charge in [-0.05, 0) is 54.6 Å². The Labute approximate surface area is 210 Å². The molecule has 0 aliphatic heterocycles. The highest BCUT2D eigenvalue weighted by Gasteiger charge is 2.19. The van der Waals surface area contributed by atoms with Crippen molar-refractivity contribution in [2.75, 3.05) is 19.5 Å². The number of aryl methyl sites for hydroxylation is 1. The number of hydrogen-bond donors (Lipinski definition) is 1.